The van der Waals surface area contributed by atoms with Crippen LogP contribution in [0.3, 0.4) is 0 Å². The standard InChI is InChI=1S/C12H27O3P/c1-10(2)7-13-16(14-8-11(3)4)15-9-12(5)6/h10-12H,7-9H2,1-6H3. The van der Waals surface area contributed by atoms with E-state index in [-0.39, 0.29) is 0 Å². The van der Waals surface area contributed by atoms with Crippen LogP contribution in [0.15, 0.2) is 0 Å². The Balaban J connectivity index is 3.85. The first-order chi connectivity index (χ1) is 7.41. The van der Waals surface area contributed by atoms with Crippen LogP contribution in [0.5, 0.6) is 0 Å². The van der Waals surface area contributed by atoms with Crippen LogP contribution in [0.2, 0.25) is 0 Å². The van der Waals surface area contributed by atoms with E-state index in [2.05, 4.69) is 41.5 Å². The van der Waals surface area contributed by atoms with E-state index in [0.29, 0.717) is 37.6 Å². The van der Waals surface area contributed by atoms with E-state index in [0.717, 1.165) is 0 Å². The lowest BCUT2D eigenvalue weighted by atomic mass is 10.2. The average molecular weight is 250 g/mol. The van der Waals surface area contributed by atoms with Crippen LogP contribution in [0, 0.1) is 17.8 Å². The lowest BCUT2D eigenvalue weighted by molar-refractivity contribution is 0.129. The molecule has 0 rings (SSSR count). The van der Waals surface area contributed by atoms with Gasteiger partial charge >= 0.3 is 8.60 Å². The molecule has 0 atom stereocenters. The Bertz CT molecular complexity index is 132. The van der Waals surface area contributed by atoms with Crippen molar-refractivity contribution < 1.29 is 13.6 Å². The summed E-state index contributed by atoms with van der Waals surface area (Å²) in [6, 6.07) is 0. The minimum absolute atomic E-state index is 0.510. The Morgan fingerprint density at radius 1 is 0.625 bits per heavy atom. The van der Waals surface area contributed by atoms with Crippen LogP contribution in [-0.2, 0) is 13.6 Å². The molecule has 0 spiro atoms. The highest BCUT2D eigenvalue weighted by Crippen LogP contribution is 2.40. The summed E-state index contributed by atoms with van der Waals surface area (Å²) in [5.41, 5.74) is 0. The van der Waals surface area contributed by atoms with Gasteiger partial charge in [-0.05, 0) is 17.8 Å². The second-order valence-electron chi connectivity index (χ2n) is 5.29. The molecule has 0 fully saturated rings. The van der Waals surface area contributed by atoms with Crippen LogP contribution in [-0.4, -0.2) is 19.8 Å². The van der Waals surface area contributed by atoms with Crippen molar-refractivity contribution in [3.05, 3.63) is 0 Å². The molecule has 0 saturated carbocycles. The van der Waals surface area contributed by atoms with E-state index >= 15 is 0 Å². The SMILES string of the molecule is CC(C)COP(OCC(C)C)OCC(C)C. The lowest BCUT2D eigenvalue weighted by Crippen LogP contribution is -2.07. The molecule has 3 nitrogen and oxygen atoms in total. The van der Waals surface area contributed by atoms with E-state index in [4.69, 9.17) is 13.6 Å². The molecule has 0 N–H and O–H groups in total. The summed E-state index contributed by atoms with van der Waals surface area (Å²) >= 11 is 0. The molecule has 0 aliphatic carbocycles. The molecule has 0 bridgehead atoms. The molecule has 16 heavy (non-hydrogen) atoms. The maximum Gasteiger partial charge on any atom is 0.332 e. The van der Waals surface area contributed by atoms with E-state index in [9.17, 15) is 0 Å². The van der Waals surface area contributed by atoms with E-state index in [1.165, 1.54) is 0 Å². The van der Waals surface area contributed by atoms with Crippen LogP contribution in [0.4, 0.5) is 0 Å². The van der Waals surface area contributed by atoms with Gasteiger partial charge in [0.05, 0.1) is 19.8 Å². The fourth-order valence-corrected chi connectivity index (χ4v) is 2.22. The van der Waals surface area contributed by atoms with Gasteiger partial charge < -0.3 is 13.6 Å². The van der Waals surface area contributed by atoms with Crippen molar-refractivity contribution in [1.82, 2.24) is 0 Å². The molecule has 0 aliphatic rings. The minimum atomic E-state index is -1.16. The molecule has 0 unspecified atom stereocenters. The Kier molecular flexibility index (Phi) is 9.53. The number of rotatable bonds is 9. The van der Waals surface area contributed by atoms with Crippen LogP contribution < -0.4 is 0 Å². The Morgan fingerprint density at radius 2 is 0.875 bits per heavy atom. The smallest absolute Gasteiger partial charge is 0.312 e. The monoisotopic (exact) mass is 250 g/mol. The first-order valence-electron chi connectivity index (χ1n) is 6.10. The minimum Gasteiger partial charge on any atom is -0.312 e. The zero-order valence-electron chi connectivity index (χ0n) is 11.5. The van der Waals surface area contributed by atoms with Gasteiger partial charge in [0, 0.05) is 0 Å². The summed E-state index contributed by atoms with van der Waals surface area (Å²) < 4.78 is 16.9. The molecule has 0 aromatic carbocycles. The third-order valence-electron chi connectivity index (χ3n) is 1.54. The Morgan fingerprint density at radius 3 is 1.06 bits per heavy atom. The van der Waals surface area contributed by atoms with Gasteiger partial charge in [0.2, 0.25) is 0 Å². The van der Waals surface area contributed by atoms with Crippen molar-refractivity contribution in [3.8, 4) is 0 Å². The first kappa shape index (κ1) is 16.3. The summed E-state index contributed by atoms with van der Waals surface area (Å²) in [5.74, 6) is 1.53. The maximum absolute atomic E-state index is 5.62. The maximum atomic E-state index is 5.62. The second-order valence-corrected chi connectivity index (χ2v) is 6.51. The van der Waals surface area contributed by atoms with Gasteiger partial charge in [0.25, 0.3) is 0 Å². The van der Waals surface area contributed by atoms with Crippen molar-refractivity contribution >= 4 is 8.60 Å². The molecule has 0 amide bonds. The van der Waals surface area contributed by atoms with Crippen molar-refractivity contribution in [1.29, 1.82) is 0 Å². The predicted molar refractivity (Wildman–Crippen MR) is 69.3 cm³/mol. The molecule has 0 aromatic rings. The largest absolute Gasteiger partial charge is 0.332 e. The molecule has 0 heterocycles. The van der Waals surface area contributed by atoms with Crippen LogP contribution >= 0.6 is 8.60 Å². The van der Waals surface area contributed by atoms with E-state index < -0.39 is 8.60 Å². The molecular weight excluding hydrogens is 223 g/mol. The molecule has 0 aromatic heterocycles. The summed E-state index contributed by atoms with van der Waals surface area (Å²) in [5, 5.41) is 0. The summed E-state index contributed by atoms with van der Waals surface area (Å²) in [7, 11) is -1.16. The van der Waals surface area contributed by atoms with Crippen molar-refractivity contribution in [2.75, 3.05) is 19.8 Å². The third-order valence-corrected chi connectivity index (χ3v) is 2.62. The van der Waals surface area contributed by atoms with Gasteiger partial charge in [0.15, 0.2) is 0 Å². The zero-order valence-corrected chi connectivity index (χ0v) is 12.4. The van der Waals surface area contributed by atoms with Gasteiger partial charge in [-0.25, -0.2) is 0 Å². The summed E-state index contributed by atoms with van der Waals surface area (Å²) in [4.78, 5) is 0. The average Bonchev–Trinajstić information content (AvgIpc) is 2.15. The van der Waals surface area contributed by atoms with E-state index in [1.54, 1.807) is 0 Å². The van der Waals surface area contributed by atoms with Gasteiger partial charge in [-0.15, -0.1) is 0 Å². The molecule has 0 radical (unpaired) electrons. The van der Waals surface area contributed by atoms with Crippen molar-refractivity contribution in [3.63, 3.8) is 0 Å². The molecular formula is C12H27O3P. The Hall–Kier alpha value is 0.310. The first-order valence-corrected chi connectivity index (χ1v) is 7.20. The highest BCUT2D eigenvalue weighted by molar-refractivity contribution is 7.41. The molecule has 0 aliphatic heterocycles. The van der Waals surface area contributed by atoms with Crippen molar-refractivity contribution in [2.24, 2.45) is 17.8 Å². The van der Waals surface area contributed by atoms with Gasteiger partial charge in [-0.2, -0.15) is 0 Å². The second kappa shape index (κ2) is 9.35. The lowest BCUT2D eigenvalue weighted by Gasteiger charge is -2.19. The van der Waals surface area contributed by atoms with Gasteiger partial charge in [0.1, 0.15) is 0 Å². The molecule has 4 heteroatoms. The van der Waals surface area contributed by atoms with Gasteiger partial charge in [-0.1, -0.05) is 41.5 Å². The zero-order chi connectivity index (χ0) is 12.6. The Labute approximate surface area is 102 Å². The molecule has 98 valence electrons. The highest BCUT2D eigenvalue weighted by Gasteiger charge is 2.14. The predicted octanol–water partition coefficient (Wildman–Crippen LogP) is 4.23. The quantitative estimate of drug-likeness (QED) is 0.573. The molecule has 0 saturated heterocycles. The highest BCUT2D eigenvalue weighted by atomic mass is 31.2. The third kappa shape index (κ3) is 10.8. The normalized spacial score (nSPS) is 12.4. The summed E-state index contributed by atoms with van der Waals surface area (Å²) in [6.07, 6.45) is 0. The van der Waals surface area contributed by atoms with Crippen LogP contribution in [0.1, 0.15) is 41.5 Å². The fourth-order valence-electron chi connectivity index (χ4n) is 0.742. The van der Waals surface area contributed by atoms with Crippen molar-refractivity contribution in [2.45, 2.75) is 41.5 Å². The topological polar surface area (TPSA) is 27.7 Å². The number of hydrogen-bond donors (Lipinski definition) is 0. The number of hydrogen-bond acceptors (Lipinski definition) is 3. The van der Waals surface area contributed by atoms with Crippen LogP contribution in [0.25, 0.3) is 0 Å². The van der Waals surface area contributed by atoms with E-state index in [1.807, 2.05) is 0 Å². The summed E-state index contributed by atoms with van der Waals surface area (Å²) in [6.45, 7) is 14.8. The van der Waals surface area contributed by atoms with Gasteiger partial charge in [-0.3, -0.25) is 0 Å². The fraction of sp³-hybridized carbons (Fsp3) is 1.00.